The standard InChI is InChI=1S/C12H18N2O2/c1-9(2)6-12(13,11(15)16)7-10-4-3-5-14-8-10/h3-5,8-9H,6-7,13H2,1-2H3,(H,15,16). The molecule has 1 unspecified atom stereocenters. The number of carboxylic acid groups (broad SMARTS) is 1. The van der Waals surface area contributed by atoms with Crippen LogP contribution >= 0.6 is 0 Å². The summed E-state index contributed by atoms with van der Waals surface area (Å²) in [6, 6.07) is 3.63. The van der Waals surface area contributed by atoms with E-state index in [9.17, 15) is 9.90 Å². The van der Waals surface area contributed by atoms with Crippen LogP contribution in [0.2, 0.25) is 0 Å². The largest absolute Gasteiger partial charge is 0.480 e. The Bertz CT molecular complexity index is 351. The van der Waals surface area contributed by atoms with E-state index in [1.807, 2.05) is 19.9 Å². The van der Waals surface area contributed by atoms with Crippen LogP contribution in [0.3, 0.4) is 0 Å². The average molecular weight is 222 g/mol. The minimum absolute atomic E-state index is 0.248. The Morgan fingerprint density at radius 1 is 1.62 bits per heavy atom. The lowest BCUT2D eigenvalue weighted by Gasteiger charge is -2.26. The summed E-state index contributed by atoms with van der Waals surface area (Å²) in [5, 5.41) is 9.20. The van der Waals surface area contributed by atoms with Crippen LogP contribution in [0.4, 0.5) is 0 Å². The fourth-order valence-corrected chi connectivity index (χ4v) is 1.83. The second-order valence-electron chi connectivity index (χ2n) is 4.60. The van der Waals surface area contributed by atoms with Gasteiger partial charge in [-0.05, 0) is 24.0 Å². The molecule has 16 heavy (non-hydrogen) atoms. The molecule has 1 atom stereocenters. The molecule has 4 heteroatoms. The quantitative estimate of drug-likeness (QED) is 0.790. The molecule has 0 fully saturated rings. The maximum absolute atomic E-state index is 11.2. The van der Waals surface area contributed by atoms with Crippen molar-refractivity contribution in [3.63, 3.8) is 0 Å². The fourth-order valence-electron chi connectivity index (χ4n) is 1.83. The molecule has 0 spiro atoms. The normalized spacial score (nSPS) is 14.8. The lowest BCUT2D eigenvalue weighted by Crippen LogP contribution is -2.50. The number of nitrogens with two attached hydrogens (primary N) is 1. The van der Waals surface area contributed by atoms with Gasteiger partial charge in [0.1, 0.15) is 5.54 Å². The van der Waals surface area contributed by atoms with Gasteiger partial charge in [0, 0.05) is 18.8 Å². The number of aliphatic carboxylic acids is 1. The van der Waals surface area contributed by atoms with Crippen molar-refractivity contribution >= 4 is 5.97 Å². The highest BCUT2D eigenvalue weighted by Gasteiger charge is 2.34. The van der Waals surface area contributed by atoms with Crippen LogP contribution in [-0.4, -0.2) is 21.6 Å². The van der Waals surface area contributed by atoms with Gasteiger partial charge in [-0.15, -0.1) is 0 Å². The predicted octanol–water partition coefficient (Wildman–Crippen LogP) is 1.45. The smallest absolute Gasteiger partial charge is 0.324 e. The first-order valence-electron chi connectivity index (χ1n) is 5.35. The van der Waals surface area contributed by atoms with Crippen LogP contribution < -0.4 is 5.73 Å². The van der Waals surface area contributed by atoms with Gasteiger partial charge >= 0.3 is 5.97 Å². The van der Waals surface area contributed by atoms with Crippen LogP contribution in [0.15, 0.2) is 24.5 Å². The summed E-state index contributed by atoms with van der Waals surface area (Å²) in [5.41, 5.74) is 5.60. The summed E-state index contributed by atoms with van der Waals surface area (Å²) in [6.45, 7) is 3.93. The van der Waals surface area contributed by atoms with E-state index >= 15 is 0 Å². The number of pyridine rings is 1. The molecule has 1 aromatic rings. The zero-order chi connectivity index (χ0) is 12.2. The van der Waals surface area contributed by atoms with Crippen molar-refractivity contribution in [2.24, 2.45) is 11.7 Å². The van der Waals surface area contributed by atoms with Gasteiger partial charge < -0.3 is 10.8 Å². The zero-order valence-electron chi connectivity index (χ0n) is 9.68. The minimum Gasteiger partial charge on any atom is -0.480 e. The lowest BCUT2D eigenvalue weighted by molar-refractivity contribution is -0.144. The van der Waals surface area contributed by atoms with E-state index in [1.54, 1.807) is 18.5 Å². The first-order chi connectivity index (χ1) is 7.44. The number of rotatable bonds is 5. The van der Waals surface area contributed by atoms with Crippen molar-refractivity contribution in [1.29, 1.82) is 0 Å². The summed E-state index contributed by atoms with van der Waals surface area (Å²) < 4.78 is 0. The molecule has 0 aliphatic rings. The van der Waals surface area contributed by atoms with Crippen molar-refractivity contribution in [3.05, 3.63) is 30.1 Å². The molecule has 0 radical (unpaired) electrons. The van der Waals surface area contributed by atoms with Crippen LogP contribution in [0.25, 0.3) is 0 Å². The van der Waals surface area contributed by atoms with E-state index in [0.717, 1.165) is 5.56 Å². The topological polar surface area (TPSA) is 76.2 Å². The van der Waals surface area contributed by atoms with Gasteiger partial charge in [0.25, 0.3) is 0 Å². The molecule has 1 rings (SSSR count). The maximum Gasteiger partial charge on any atom is 0.324 e. The number of nitrogens with zero attached hydrogens (tertiary/aromatic N) is 1. The van der Waals surface area contributed by atoms with Crippen molar-refractivity contribution in [2.75, 3.05) is 0 Å². The molecule has 0 amide bonds. The summed E-state index contributed by atoms with van der Waals surface area (Å²) >= 11 is 0. The molecule has 88 valence electrons. The Kier molecular flexibility index (Phi) is 4.01. The Hall–Kier alpha value is -1.42. The van der Waals surface area contributed by atoms with Crippen molar-refractivity contribution in [3.8, 4) is 0 Å². The van der Waals surface area contributed by atoms with Crippen molar-refractivity contribution in [1.82, 2.24) is 4.98 Å². The number of aromatic nitrogens is 1. The molecule has 4 nitrogen and oxygen atoms in total. The highest BCUT2D eigenvalue weighted by atomic mass is 16.4. The van der Waals surface area contributed by atoms with Crippen LogP contribution in [0, 0.1) is 5.92 Å². The number of hydrogen-bond donors (Lipinski definition) is 2. The third-order valence-electron chi connectivity index (χ3n) is 2.44. The molecular formula is C12H18N2O2. The van der Waals surface area contributed by atoms with Gasteiger partial charge in [-0.2, -0.15) is 0 Å². The molecular weight excluding hydrogens is 204 g/mol. The van der Waals surface area contributed by atoms with E-state index in [-0.39, 0.29) is 5.92 Å². The molecule has 0 aliphatic carbocycles. The monoisotopic (exact) mass is 222 g/mol. The molecule has 1 aromatic heterocycles. The molecule has 0 aromatic carbocycles. The first kappa shape index (κ1) is 12.6. The Morgan fingerprint density at radius 2 is 2.31 bits per heavy atom. The predicted molar refractivity (Wildman–Crippen MR) is 62.0 cm³/mol. The average Bonchev–Trinajstić information content (AvgIpc) is 2.17. The van der Waals surface area contributed by atoms with Gasteiger partial charge in [0.05, 0.1) is 0 Å². The molecule has 3 N–H and O–H groups in total. The van der Waals surface area contributed by atoms with Gasteiger partial charge in [-0.3, -0.25) is 9.78 Å². The van der Waals surface area contributed by atoms with Crippen LogP contribution in [-0.2, 0) is 11.2 Å². The number of carboxylic acids is 1. The van der Waals surface area contributed by atoms with Crippen LogP contribution in [0.1, 0.15) is 25.8 Å². The third-order valence-corrected chi connectivity index (χ3v) is 2.44. The molecule has 0 saturated heterocycles. The molecule has 0 saturated carbocycles. The summed E-state index contributed by atoms with van der Waals surface area (Å²) in [6.07, 6.45) is 4.08. The number of hydrogen-bond acceptors (Lipinski definition) is 3. The second kappa shape index (κ2) is 5.07. The summed E-state index contributed by atoms with van der Waals surface area (Å²) in [5.74, 6) is -0.706. The van der Waals surface area contributed by atoms with E-state index in [1.165, 1.54) is 0 Å². The van der Waals surface area contributed by atoms with Gasteiger partial charge in [-0.25, -0.2) is 0 Å². The van der Waals surface area contributed by atoms with E-state index < -0.39 is 11.5 Å². The Labute approximate surface area is 95.5 Å². The van der Waals surface area contributed by atoms with Gasteiger partial charge in [0.15, 0.2) is 0 Å². The Morgan fingerprint density at radius 3 is 2.75 bits per heavy atom. The summed E-state index contributed by atoms with van der Waals surface area (Å²) in [4.78, 5) is 15.2. The van der Waals surface area contributed by atoms with Crippen LogP contribution in [0.5, 0.6) is 0 Å². The zero-order valence-corrected chi connectivity index (χ0v) is 9.68. The molecule has 0 aliphatic heterocycles. The van der Waals surface area contributed by atoms with Crippen molar-refractivity contribution in [2.45, 2.75) is 32.2 Å². The highest BCUT2D eigenvalue weighted by molar-refractivity contribution is 5.78. The van der Waals surface area contributed by atoms with E-state index in [0.29, 0.717) is 12.8 Å². The minimum atomic E-state index is -1.20. The Balaban J connectivity index is 2.83. The SMILES string of the molecule is CC(C)CC(N)(Cc1cccnc1)C(=O)O. The van der Waals surface area contributed by atoms with E-state index in [4.69, 9.17) is 5.73 Å². The molecule has 0 bridgehead atoms. The molecule has 1 heterocycles. The lowest BCUT2D eigenvalue weighted by atomic mass is 9.84. The van der Waals surface area contributed by atoms with Gasteiger partial charge in [-0.1, -0.05) is 19.9 Å². The number of carbonyl (C=O) groups is 1. The summed E-state index contributed by atoms with van der Waals surface area (Å²) in [7, 11) is 0. The second-order valence-corrected chi connectivity index (χ2v) is 4.60. The van der Waals surface area contributed by atoms with Gasteiger partial charge in [0.2, 0.25) is 0 Å². The maximum atomic E-state index is 11.2. The third kappa shape index (κ3) is 3.31. The highest BCUT2D eigenvalue weighted by Crippen LogP contribution is 2.19. The van der Waals surface area contributed by atoms with E-state index in [2.05, 4.69) is 4.98 Å². The first-order valence-corrected chi connectivity index (χ1v) is 5.35. The fraction of sp³-hybridized carbons (Fsp3) is 0.500. The van der Waals surface area contributed by atoms with Crippen molar-refractivity contribution < 1.29 is 9.90 Å².